The molecule has 6 nitrogen and oxygen atoms in total. The first-order chi connectivity index (χ1) is 11.2. The normalized spacial score (nSPS) is 11.1. The number of hydrogen-bond acceptors (Lipinski definition) is 4. The molecule has 0 aliphatic heterocycles. The number of aryl methyl sites for hydroxylation is 2. The van der Waals surface area contributed by atoms with Crippen LogP contribution in [0.2, 0.25) is 0 Å². The van der Waals surface area contributed by atoms with Crippen LogP contribution in [0.3, 0.4) is 0 Å². The standard InChI is InChI=1S/C17H26N4O2/c1-4-6-7-8-12-23-13-15-14(5-2)10-9-11-16(15)21-17(22)20(3)18-19-21/h9-11H,4-8,12-13H2,1-3H3. The number of unbranched alkanes of at least 4 members (excludes halogenated alkanes) is 3. The van der Waals surface area contributed by atoms with Crippen LogP contribution in [0.4, 0.5) is 0 Å². The minimum atomic E-state index is -0.248. The maximum Gasteiger partial charge on any atom is 0.368 e. The van der Waals surface area contributed by atoms with E-state index in [1.165, 1.54) is 34.2 Å². The summed E-state index contributed by atoms with van der Waals surface area (Å²) in [6, 6.07) is 5.91. The molecule has 23 heavy (non-hydrogen) atoms. The van der Waals surface area contributed by atoms with E-state index in [4.69, 9.17) is 4.74 Å². The molecule has 0 unspecified atom stereocenters. The lowest BCUT2D eigenvalue weighted by atomic mass is 10.0. The quantitative estimate of drug-likeness (QED) is 0.667. The van der Waals surface area contributed by atoms with E-state index in [9.17, 15) is 4.79 Å². The first-order valence-electron chi connectivity index (χ1n) is 8.36. The highest BCUT2D eigenvalue weighted by molar-refractivity contribution is 5.45. The van der Waals surface area contributed by atoms with E-state index in [0.717, 1.165) is 30.7 Å². The second kappa shape index (κ2) is 8.62. The molecule has 0 aliphatic carbocycles. The van der Waals surface area contributed by atoms with Gasteiger partial charge in [0.05, 0.1) is 12.3 Å². The van der Waals surface area contributed by atoms with Gasteiger partial charge in [0, 0.05) is 19.2 Å². The molecule has 0 aliphatic rings. The number of aromatic nitrogens is 4. The largest absolute Gasteiger partial charge is 0.377 e. The fourth-order valence-electron chi connectivity index (χ4n) is 2.59. The third kappa shape index (κ3) is 4.28. The molecule has 6 heteroatoms. The van der Waals surface area contributed by atoms with Gasteiger partial charge in [-0.25, -0.2) is 4.79 Å². The molecule has 0 saturated carbocycles. The van der Waals surface area contributed by atoms with Gasteiger partial charge in [0.15, 0.2) is 0 Å². The van der Waals surface area contributed by atoms with Crippen LogP contribution >= 0.6 is 0 Å². The fourth-order valence-corrected chi connectivity index (χ4v) is 2.59. The predicted octanol–water partition coefficient (Wildman–Crippen LogP) is 2.63. The molecule has 0 bridgehead atoms. The van der Waals surface area contributed by atoms with Crippen molar-refractivity contribution in [3.05, 3.63) is 39.8 Å². The molecular weight excluding hydrogens is 292 g/mol. The van der Waals surface area contributed by atoms with Crippen LogP contribution in [0.25, 0.3) is 5.69 Å². The van der Waals surface area contributed by atoms with Crippen LogP contribution in [0.1, 0.15) is 50.7 Å². The third-order valence-electron chi connectivity index (χ3n) is 3.97. The molecule has 2 aromatic rings. The first-order valence-corrected chi connectivity index (χ1v) is 8.36. The van der Waals surface area contributed by atoms with Crippen LogP contribution in [0.5, 0.6) is 0 Å². The SMILES string of the molecule is CCCCCCOCc1c(CC)cccc1-n1nnn(C)c1=O. The van der Waals surface area contributed by atoms with Crippen LogP contribution < -0.4 is 5.69 Å². The van der Waals surface area contributed by atoms with E-state index in [1.54, 1.807) is 7.05 Å². The number of rotatable bonds is 9. The number of hydrogen-bond donors (Lipinski definition) is 0. The van der Waals surface area contributed by atoms with Gasteiger partial charge < -0.3 is 4.74 Å². The average molecular weight is 318 g/mol. The lowest BCUT2D eigenvalue weighted by Gasteiger charge is -2.13. The number of tetrazole rings is 1. The lowest BCUT2D eigenvalue weighted by Crippen LogP contribution is -2.23. The van der Waals surface area contributed by atoms with Crippen LogP contribution in [0.15, 0.2) is 23.0 Å². The number of ether oxygens (including phenoxy) is 1. The van der Waals surface area contributed by atoms with Crippen molar-refractivity contribution in [2.45, 2.75) is 52.6 Å². The number of nitrogens with zero attached hydrogens (tertiary/aromatic N) is 4. The highest BCUT2D eigenvalue weighted by Crippen LogP contribution is 2.19. The lowest BCUT2D eigenvalue weighted by molar-refractivity contribution is 0.116. The van der Waals surface area contributed by atoms with Gasteiger partial charge in [-0.15, -0.1) is 0 Å². The zero-order chi connectivity index (χ0) is 16.7. The van der Waals surface area contributed by atoms with Crippen LogP contribution in [-0.2, 0) is 24.8 Å². The molecule has 1 aromatic carbocycles. The molecule has 0 atom stereocenters. The molecule has 0 fully saturated rings. The summed E-state index contributed by atoms with van der Waals surface area (Å²) in [4.78, 5) is 12.1. The first kappa shape index (κ1) is 17.4. The van der Waals surface area contributed by atoms with E-state index < -0.39 is 0 Å². The Labute approximate surface area is 137 Å². The summed E-state index contributed by atoms with van der Waals surface area (Å²) in [5.74, 6) is 0. The van der Waals surface area contributed by atoms with Crippen LogP contribution in [-0.4, -0.2) is 26.4 Å². The molecule has 1 heterocycles. The van der Waals surface area contributed by atoms with E-state index in [0.29, 0.717) is 6.61 Å². The minimum absolute atomic E-state index is 0.248. The molecule has 0 saturated heterocycles. The Morgan fingerprint density at radius 3 is 2.61 bits per heavy atom. The Hall–Kier alpha value is -1.95. The van der Waals surface area contributed by atoms with Crippen molar-refractivity contribution in [3.8, 4) is 5.69 Å². The zero-order valence-electron chi connectivity index (χ0n) is 14.3. The Morgan fingerprint density at radius 1 is 1.13 bits per heavy atom. The molecule has 0 amide bonds. The van der Waals surface area contributed by atoms with Gasteiger partial charge in [0.2, 0.25) is 0 Å². The Morgan fingerprint density at radius 2 is 1.96 bits per heavy atom. The van der Waals surface area contributed by atoms with Crippen molar-refractivity contribution < 1.29 is 4.74 Å². The summed E-state index contributed by atoms with van der Waals surface area (Å²) in [6.07, 6.45) is 5.62. The summed E-state index contributed by atoms with van der Waals surface area (Å²) >= 11 is 0. The van der Waals surface area contributed by atoms with Crippen molar-refractivity contribution in [1.82, 2.24) is 19.8 Å². The second-order valence-corrected chi connectivity index (χ2v) is 5.68. The van der Waals surface area contributed by atoms with E-state index >= 15 is 0 Å². The van der Waals surface area contributed by atoms with E-state index in [-0.39, 0.29) is 5.69 Å². The Balaban J connectivity index is 2.16. The van der Waals surface area contributed by atoms with E-state index in [2.05, 4.69) is 30.3 Å². The van der Waals surface area contributed by atoms with Gasteiger partial charge in [0.1, 0.15) is 0 Å². The molecule has 0 radical (unpaired) electrons. The van der Waals surface area contributed by atoms with Gasteiger partial charge in [-0.05, 0) is 34.9 Å². The summed E-state index contributed by atoms with van der Waals surface area (Å²) in [7, 11) is 1.60. The van der Waals surface area contributed by atoms with Gasteiger partial charge in [-0.2, -0.15) is 9.36 Å². The number of benzene rings is 1. The van der Waals surface area contributed by atoms with Crippen molar-refractivity contribution in [2.24, 2.45) is 7.05 Å². The zero-order valence-corrected chi connectivity index (χ0v) is 14.3. The summed E-state index contributed by atoms with van der Waals surface area (Å²) in [5.41, 5.74) is 2.71. The van der Waals surface area contributed by atoms with Crippen molar-refractivity contribution in [1.29, 1.82) is 0 Å². The van der Waals surface area contributed by atoms with Crippen LogP contribution in [0, 0.1) is 0 Å². The third-order valence-corrected chi connectivity index (χ3v) is 3.97. The van der Waals surface area contributed by atoms with Gasteiger partial charge >= 0.3 is 5.69 Å². The molecule has 2 rings (SSSR count). The van der Waals surface area contributed by atoms with Crippen molar-refractivity contribution >= 4 is 0 Å². The molecule has 0 spiro atoms. The summed E-state index contributed by atoms with van der Waals surface area (Å²) < 4.78 is 8.42. The fraction of sp³-hybridized carbons (Fsp3) is 0.588. The topological polar surface area (TPSA) is 61.9 Å². The van der Waals surface area contributed by atoms with E-state index in [1.807, 2.05) is 12.1 Å². The molecule has 0 N–H and O–H groups in total. The smallest absolute Gasteiger partial charge is 0.368 e. The van der Waals surface area contributed by atoms with Gasteiger partial charge in [0.25, 0.3) is 0 Å². The van der Waals surface area contributed by atoms with Crippen molar-refractivity contribution in [3.63, 3.8) is 0 Å². The van der Waals surface area contributed by atoms with Gasteiger partial charge in [-0.3, -0.25) is 0 Å². The predicted molar refractivity (Wildman–Crippen MR) is 89.8 cm³/mol. The Bertz CT molecular complexity index is 675. The summed E-state index contributed by atoms with van der Waals surface area (Å²) in [5, 5.41) is 7.75. The molecule has 1 aromatic heterocycles. The second-order valence-electron chi connectivity index (χ2n) is 5.68. The summed E-state index contributed by atoms with van der Waals surface area (Å²) in [6.45, 7) is 5.54. The maximum absolute atomic E-state index is 12.1. The molecule has 126 valence electrons. The average Bonchev–Trinajstić information content (AvgIpc) is 2.90. The highest BCUT2D eigenvalue weighted by atomic mass is 16.5. The Kier molecular flexibility index (Phi) is 6.52. The maximum atomic E-state index is 12.1. The molecular formula is C17H26N4O2. The highest BCUT2D eigenvalue weighted by Gasteiger charge is 2.13. The van der Waals surface area contributed by atoms with Gasteiger partial charge in [-0.1, -0.05) is 45.2 Å². The minimum Gasteiger partial charge on any atom is -0.377 e. The monoisotopic (exact) mass is 318 g/mol. The van der Waals surface area contributed by atoms with Crippen molar-refractivity contribution in [2.75, 3.05) is 6.61 Å².